The fraction of sp³-hybridized carbons (Fsp3) is 0.286. The summed E-state index contributed by atoms with van der Waals surface area (Å²) in [5.41, 5.74) is 2.40. The first-order chi connectivity index (χ1) is 18.4. The summed E-state index contributed by atoms with van der Waals surface area (Å²) in [6.45, 7) is 4.81. The van der Waals surface area contributed by atoms with Crippen LogP contribution in [0.2, 0.25) is 15.1 Å². The zero-order valence-electron chi connectivity index (χ0n) is 22.0. The number of rotatable bonds is 10. The number of benzene rings is 3. The van der Waals surface area contributed by atoms with Crippen LogP contribution in [0.25, 0.3) is 0 Å². The molecule has 0 spiro atoms. The Kier molecular flexibility index (Phi) is 10.3. The molecule has 208 valence electrons. The van der Waals surface area contributed by atoms with E-state index in [2.05, 4.69) is 5.32 Å². The van der Waals surface area contributed by atoms with Crippen molar-refractivity contribution in [3.05, 3.63) is 92.4 Å². The number of carbonyl (C=O) groups is 2. The van der Waals surface area contributed by atoms with Crippen molar-refractivity contribution in [1.82, 2.24) is 10.2 Å². The molecule has 0 bridgehead atoms. The normalized spacial score (nSPS) is 12.1. The second-order valence-electron chi connectivity index (χ2n) is 9.06. The minimum Gasteiger partial charge on any atom is -0.357 e. The molecule has 0 aromatic heterocycles. The number of nitrogens with zero attached hydrogens (tertiary/aromatic N) is 2. The largest absolute Gasteiger partial charge is 0.357 e. The SMILES string of the molecule is CC[C@H](C(=O)NC)N(Cc1ccc(Cl)c(Cl)c1)C(=O)CN(c1ccc(Cl)cc1C)S(=O)(=O)c1ccc(C)cc1. The van der Waals surface area contributed by atoms with Crippen LogP contribution in [0, 0.1) is 13.8 Å². The van der Waals surface area contributed by atoms with E-state index in [1.165, 1.54) is 24.1 Å². The minimum absolute atomic E-state index is 0.0136. The monoisotopic (exact) mass is 609 g/mol. The van der Waals surface area contributed by atoms with E-state index in [9.17, 15) is 18.0 Å². The van der Waals surface area contributed by atoms with Crippen molar-refractivity contribution in [2.45, 2.75) is 44.7 Å². The Balaban J connectivity index is 2.10. The smallest absolute Gasteiger partial charge is 0.264 e. The van der Waals surface area contributed by atoms with Crippen LogP contribution in [-0.4, -0.2) is 44.8 Å². The number of sulfonamides is 1. The average Bonchev–Trinajstić information content (AvgIpc) is 2.89. The molecule has 0 unspecified atom stereocenters. The number of aryl methyl sites for hydroxylation is 2. The Labute approximate surface area is 244 Å². The van der Waals surface area contributed by atoms with Crippen LogP contribution in [0.3, 0.4) is 0 Å². The first-order valence-corrected chi connectivity index (χ1v) is 14.8. The van der Waals surface area contributed by atoms with Gasteiger partial charge in [0.05, 0.1) is 20.6 Å². The quantitative estimate of drug-likeness (QED) is 0.305. The van der Waals surface area contributed by atoms with Crippen molar-refractivity contribution in [3.63, 3.8) is 0 Å². The van der Waals surface area contributed by atoms with Crippen molar-refractivity contribution in [3.8, 4) is 0 Å². The molecule has 2 amide bonds. The number of hydrogen-bond acceptors (Lipinski definition) is 4. The Morgan fingerprint density at radius 2 is 1.59 bits per heavy atom. The second-order valence-corrected chi connectivity index (χ2v) is 12.2. The number of anilines is 1. The summed E-state index contributed by atoms with van der Waals surface area (Å²) in [6.07, 6.45) is 0.303. The van der Waals surface area contributed by atoms with Crippen molar-refractivity contribution in [1.29, 1.82) is 0 Å². The lowest BCUT2D eigenvalue weighted by Gasteiger charge is -2.33. The lowest BCUT2D eigenvalue weighted by Crippen LogP contribution is -2.51. The van der Waals surface area contributed by atoms with Gasteiger partial charge in [0.1, 0.15) is 12.6 Å². The molecule has 3 aromatic rings. The maximum atomic E-state index is 14.0. The van der Waals surface area contributed by atoms with Gasteiger partial charge in [-0.25, -0.2) is 8.42 Å². The summed E-state index contributed by atoms with van der Waals surface area (Å²) in [6, 6.07) is 15.2. The van der Waals surface area contributed by atoms with Gasteiger partial charge in [0, 0.05) is 18.6 Å². The molecule has 1 N–H and O–H groups in total. The molecule has 0 aliphatic carbocycles. The fourth-order valence-electron chi connectivity index (χ4n) is 4.17. The van der Waals surface area contributed by atoms with Gasteiger partial charge in [0.25, 0.3) is 10.0 Å². The van der Waals surface area contributed by atoms with Crippen LogP contribution in [0.4, 0.5) is 5.69 Å². The van der Waals surface area contributed by atoms with Crippen LogP contribution < -0.4 is 9.62 Å². The molecular weight excluding hydrogens is 581 g/mol. The molecule has 3 rings (SSSR count). The lowest BCUT2D eigenvalue weighted by atomic mass is 10.1. The van der Waals surface area contributed by atoms with Gasteiger partial charge in [-0.15, -0.1) is 0 Å². The highest BCUT2D eigenvalue weighted by molar-refractivity contribution is 7.92. The highest BCUT2D eigenvalue weighted by atomic mass is 35.5. The molecule has 11 heteroatoms. The highest BCUT2D eigenvalue weighted by Gasteiger charge is 2.34. The zero-order valence-corrected chi connectivity index (χ0v) is 25.1. The van der Waals surface area contributed by atoms with Gasteiger partial charge in [-0.3, -0.25) is 13.9 Å². The Morgan fingerprint density at radius 1 is 0.923 bits per heavy atom. The number of halogens is 3. The topological polar surface area (TPSA) is 86.8 Å². The molecular formula is C28H30Cl3N3O4S. The molecule has 1 atom stereocenters. The van der Waals surface area contributed by atoms with Crippen molar-refractivity contribution in [2.24, 2.45) is 0 Å². The molecule has 7 nitrogen and oxygen atoms in total. The van der Waals surface area contributed by atoms with E-state index < -0.39 is 28.5 Å². The molecule has 0 radical (unpaired) electrons. The van der Waals surface area contributed by atoms with E-state index in [-0.39, 0.29) is 17.3 Å². The highest BCUT2D eigenvalue weighted by Crippen LogP contribution is 2.30. The van der Waals surface area contributed by atoms with Crippen molar-refractivity contribution in [2.75, 3.05) is 17.9 Å². The van der Waals surface area contributed by atoms with Crippen LogP contribution in [0.5, 0.6) is 0 Å². The maximum absolute atomic E-state index is 14.0. The van der Waals surface area contributed by atoms with Crippen LogP contribution in [0.1, 0.15) is 30.0 Å². The van der Waals surface area contributed by atoms with Crippen LogP contribution >= 0.6 is 34.8 Å². The summed E-state index contributed by atoms with van der Waals surface area (Å²) < 4.78 is 28.9. The third-order valence-electron chi connectivity index (χ3n) is 6.28. The molecule has 0 heterocycles. The van der Waals surface area contributed by atoms with E-state index in [1.54, 1.807) is 62.4 Å². The summed E-state index contributed by atoms with van der Waals surface area (Å²) in [4.78, 5) is 28.2. The predicted octanol–water partition coefficient (Wildman–Crippen LogP) is 6.01. The third-order valence-corrected chi connectivity index (χ3v) is 9.03. The van der Waals surface area contributed by atoms with Gasteiger partial charge in [0.2, 0.25) is 11.8 Å². The maximum Gasteiger partial charge on any atom is 0.264 e. The molecule has 0 aliphatic heterocycles. The lowest BCUT2D eigenvalue weighted by molar-refractivity contribution is -0.140. The molecule has 39 heavy (non-hydrogen) atoms. The average molecular weight is 611 g/mol. The van der Waals surface area contributed by atoms with Crippen molar-refractivity contribution >= 4 is 62.3 Å². The fourth-order valence-corrected chi connectivity index (χ4v) is 6.20. The molecule has 0 fully saturated rings. The summed E-state index contributed by atoms with van der Waals surface area (Å²) in [5.74, 6) is -0.942. The number of carbonyl (C=O) groups excluding carboxylic acids is 2. The first kappa shape index (κ1) is 30.8. The number of hydrogen-bond donors (Lipinski definition) is 1. The summed E-state index contributed by atoms with van der Waals surface area (Å²) >= 11 is 18.4. The van der Waals surface area contributed by atoms with Gasteiger partial charge < -0.3 is 10.2 Å². The van der Waals surface area contributed by atoms with E-state index in [0.29, 0.717) is 38.3 Å². The Bertz CT molecular complexity index is 1460. The van der Waals surface area contributed by atoms with E-state index in [0.717, 1.165) is 9.87 Å². The van der Waals surface area contributed by atoms with Gasteiger partial charge in [-0.2, -0.15) is 0 Å². The second kappa shape index (κ2) is 13.0. The Hall–Kier alpha value is -2.78. The zero-order chi connectivity index (χ0) is 28.9. The Morgan fingerprint density at radius 3 is 2.15 bits per heavy atom. The van der Waals surface area contributed by atoms with Gasteiger partial charge in [-0.1, -0.05) is 65.5 Å². The van der Waals surface area contributed by atoms with E-state index in [1.807, 2.05) is 6.92 Å². The van der Waals surface area contributed by atoms with Crippen LogP contribution in [-0.2, 0) is 26.2 Å². The third kappa shape index (κ3) is 7.25. The number of amides is 2. The molecule has 0 aliphatic rings. The number of likely N-dealkylation sites (N-methyl/N-ethyl adjacent to an activating group) is 1. The first-order valence-electron chi connectivity index (χ1n) is 12.2. The van der Waals surface area contributed by atoms with Gasteiger partial charge >= 0.3 is 0 Å². The molecule has 0 saturated carbocycles. The van der Waals surface area contributed by atoms with E-state index >= 15 is 0 Å². The predicted molar refractivity (Wildman–Crippen MR) is 157 cm³/mol. The van der Waals surface area contributed by atoms with Crippen molar-refractivity contribution < 1.29 is 18.0 Å². The number of nitrogens with one attached hydrogen (secondary N) is 1. The summed E-state index contributed by atoms with van der Waals surface area (Å²) in [5, 5.41) is 3.68. The molecule has 0 saturated heterocycles. The van der Waals surface area contributed by atoms with Gasteiger partial charge in [-0.05, 0) is 73.9 Å². The van der Waals surface area contributed by atoms with E-state index in [4.69, 9.17) is 34.8 Å². The summed E-state index contributed by atoms with van der Waals surface area (Å²) in [7, 11) is -2.69. The van der Waals surface area contributed by atoms with Crippen LogP contribution in [0.15, 0.2) is 65.6 Å². The van der Waals surface area contributed by atoms with Gasteiger partial charge in [0.15, 0.2) is 0 Å². The standard InChI is InChI=1S/C28H30Cl3N3O4S/c1-5-25(28(36)32-4)33(16-20-8-12-23(30)24(31)15-20)27(35)17-34(26-13-9-21(29)14-19(26)3)39(37,38)22-10-6-18(2)7-11-22/h6-15,25H,5,16-17H2,1-4H3,(H,32,36)/t25-/m1/s1. The molecule has 3 aromatic carbocycles. The minimum atomic E-state index is -4.17.